The molecule has 1 nitrogen and oxygen atoms in total. The van der Waals surface area contributed by atoms with E-state index in [0.29, 0.717) is 17.0 Å². The van der Waals surface area contributed by atoms with Crippen LogP contribution in [0.3, 0.4) is 0 Å². The van der Waals surface area contributed by atoms with Crippen molar-refractivity contribution in [3.63, 3.8) is 0 Å². The molecule has 0 bridgehead atoms. The Morgan fingerprint density at radius 1 is 1.07 bits per heavy atom. The number of halogens is 4. The number of hydrogen-bond donors (Lipinski definition) is 0. The third-order valence-corrected chi connectivity index (χ3v) is 5.02. The van der Waals surface area contributed by atoms with Crippen LogP contribution in [0.25, 0.3) is 0 Å². The molecule has 0 N–H and O–H groups in total. The van der Waals surface area contributed by atoms with Gasteiger partial charge in [0.1, 0.15) is 11.6 Å². The molecule has 5 heteroatoms. The van der Waals surface area contributed by atoms with Crippen molar-refractivity contribution >= 4 is 0 Å². The summed E-state index contributed by atoms with van der Waals surface area (Å²) in [6, 6.07) is 8.63. The fourth-order valence-corrected chi connectivity index (χ4v) is 3.57. The van der Waals surface area contributed by atoms with Gasteiger partial charge in [-0.15, -0.1) is 13.2 Å². The van der Waals surface area contributed by atoms with Gasteiger partial charge in [0.2, 0.25) is 0 Å². The summed E-state index contributed by atoms with van der Waals surface area (Å²) >= 11 is 0. The maximum atomic E-state index is 14.5. The van der Waals surface area contributed by atoms with Crippen molar-refractivity contribution in [1.82, 2.24) is 0 Å². The fourth-order valence-electron chi connectivity index (χ4n) is 3.57. The number of benzene rings is 2. The highest BCUT2D eigenvalue weighted by Crippen LogP contribution is 2.30. The first-order chi connectivity index (χ1) is 13.3. The summed E-state index contributed by atoms with van der Waals surface area (Å²) in [5.74, 6) is 5.58. The number of hydrogen-bond acceptors (Lipinski definition) is 1. The van der Waals surface area contributed by atoms with Gasteiger partial charge in [0, 0.05) is 5.56 Å². The van der Waals surface area contributed by atoms with E-state index in [-0.39, 0.29) is 11.6 Å². The van der Waals surface area contributed by atoms with Crippen molar-refractivity contribution in [3.05, 3.63) is 64.5 Å². The Morgan fingerprint density at radius 2 is 1.82 bits per heavy atom. The normalized spacial score (nSPS) is 16.1. The average molecular weight is 390 g/mol. The van der Waals surface area contributed by atoms with Gasteiger partial charge in [-0.05, 0) is 72.7 Å². The Labute approximate surface area is 162 Å². The highest BCUT2D eigenvalue weighted by atomic mass is 19.4. The van der Waals surface area contributed by atoms with Crippen molar-refractivity contribution in [2.24, 2.45) is 5.92 Å². The highest BCUT2D eigenvalue weighted by Gasteiger charge is 2.30. The van der Waals surface area contributed by atoms with Gasteiger partial charge in [-0.25, -0.2) is 4.39 Å². The van der Waals surface area contributed by atoms with E-state index in [1.165, 1.54) is 43.5 Å². The molecule has 2 aromatic rings. The maximum Gasteiger partial charge on any atom is 0.573 e. The first-order valence-electron chi connectivity index (χ1n) is 9.53. The monoisotopic (exact) mass is 390 g/mol. The number of unbranched alkanes of at least 4 members (excludes halogenated alkanes) is 1. The highest BCUT2D eigenvalue weighted by molar-refractivity contribution is 5.48. The maximum absolute atomic E-state index is 14.5. The molecule has 1 aliphatic rings. The molecule has 0 aliphatic heterocycles. The summed E-state index contributed by atoms with van der Waals surface area (Å²) in [7, 11) is 0. The van der Waals surface area contributed by atoms with Crippen LogP contribution in [0.5, 0.6) is 5.75 Å². The largest absolute Gasteiger partial charge is 0.573 e. The minimum Gasteiger partial charge on any atom is -0.406 e. The summed E-state index contributed by atoms with van der Waals surface area (Å²) < 4.78 is 54.8. The van der Waals surface area contributed by atoms with Crippen LogP contribution in [0.1, 0.15) is 54.9 Å². The van der Waals surface area contributed by atoms with Crippen LogP contribution in [0.15, 0.2) is 36.4 Å². The molecule has 0 aromatic heterocycles. The quantitative estimate of drug-likeness (QED) is 0.432. The molecule has 28 heavy (non-hydrogen) atoms. The van der Waals surface area contributed by atoms with Crippen molar-refractivity contribution in [2.45, 2.75) is 51.8 Å². The number of alkyl halides is 3. The zero-order valence-corrected chi connectivity index (χ0v) is 15.7. The summed E-state index contributed by atoms with van der Waals surface area (Å²) in [5, 5.41) is 0. The molecule has 0 saturated heterocycles. The first-order valence-corrected chi connectivity index (χ1v) is 9.53. The van der Waals surface area contributed by atoms with E-state index in [9.17, 15) is 17.6 Å². The molecule has 0 fully saturated rings. The Kier molecular flexibility index (Phi) is 6.28. The Bertz CT molecular complexity index is 872. The molecule has 1 aliphatic carbocycles. The molecule has 0 heterocycles. The summed E-state index contributed by atoms with van der Waals surface area (Å²) in [5.41, 5.74) is 3.03. The molecule has 3 rings (SSSR count). The lowest BCUT2D eigenvalue weighted by atomic mass is 9.81. The van der Waals surface area contributed by atoms with E-state index in [0.717, 1.165) is 30.4 Å². The van der Waals surface area contributed by atoms with Gasteiger partial charge in [-0.3, -0.25) is 0 Å². The molecule has 148 valence electrons. The minimum atomic E-state index is -4.73. The lowest BCUT2D eigenvalue weighted by Crippen LogP contribution is -2.16. The second-order valence-electron chi connectivity index (χ2n) is 7.17. The predicted molar refractivity (Wildman–Crippen MR) is 101 cm³/mol. The van der Waals surface area contributed by atoms with Crippen LogP contribution in [0.4, 0.5) is 17.6 Å². The van der Waals surface area contributed by atoms with Crippen LogP contribution in [0.2, 0.25) is 0 Å². The van der Waals surface area contributed by atoms with E-state index in [1.54, 1.807) is 6.07 Å². The van der Waals surface area contributed by atoms with E-state index >= 15 is 0 Å². The smallest absolute Gasteiger partial charge is 0.406 e. The second kappa shape index (κ2) is 8.68. The van der Waals surface area contributed by atoms with E-state index < -0.39 is 6.36 Å². The molecule has 0 radical (unpaired) electrons. The van der Waals surface area contributed by atoms with Crippen molar-refractivity contribution in [2.75, 3.05) is 0 Å². The van der Waals surface area contributed by atoms with Gasteiger partial charge in [0.05, 0.1) is 5.56 Å². The fraction of sp³-hybridized carbons (Fsp3) is 0.391. The number of aryl methyl sites for hydroxylation is 1. The van der Waals surface area contributed by atoms with Crippen LogP contribution in [0, 0.1) is 23.6 Å². The second-order valence-corrected chi connectivity index (χ2v) is 7.17. The Balaban J connectivity index is 1.72. The van der Waals surface area contributed by atoms with Crippen LogP contribution < -0.4 is 4.74 Å². The average Bonchev–Trinajstić information content (AvgIpc) is 2.64. The first kappa shape index (κ1) is 20.3. The molecular weight excluding hydrogens is 368 g/mol. The van der Waals surface area contributed by atoms with Crippen molar-refractivity contribution in [3.8, 4) is 17.6 Å². The Hall–Kier alpha value is -2.48. The van der Waals surface area contributed by atoms with E-state index in [2.05, 4.69) is 23.5 Å². The third kappa shape index (κ3) is 5.51. The van der Waals surface area contributed by atoms with Crippen LogP contribution in [-0.2, 0) is 12.8 Å². The molecule has 1 atom stereocenters. The van der Waals surface area contributed by atoms with Gasteiger partial charge in [0.15, 0.2) is 0 Å². The number of fused-ring (bicyclic) bond motifs is 1. The molecule has 1 unspecified atom stereocenters. The molecular formula is C23H22F4O. The lowest BCUT2D eigenvalue weighted by Gasteiger charge is -2.25. The number of ether oxygens (including phenoxy) is 1. The topological polar surface area (TPSA) is 9.23 Å². The summed E-state index contributed by atoms with van der Waals surface area (Å²) in [6.45, 7) is 2.18. The summed E-state index contributed by atoms with van der Waals surface area (Å²) in [6.07, 6.45) is 1.81. The van der Waals surface area contributed by atoms with E-state index in [1.807, 2.05) is 6.07 Å². The molecule has 0 amide bonds. The van der Waals surface area contributed by atoms with Gasteiger partial charge >= 0.3 is 6.36 Å². The number of rotatable bonds is 4. The van der Waals surface area contributed by atoms with Gasteiger partial charge in [-0.1, -0.05) is 38.0 Å². The van der Waals surface area contributed by atoms with Crippen LogP contribution in [-0.4, -0.2) is 6.36 Å². The molecule has 2 aromatic carbocycles. The minimum absolute atomic E-state index is 0.310. The van der Waals surface area contributed by atoms with Crippen molar-refractivity contribution in [1.29, 1.82) is 0 Å². The van der Waals surface area contributed by atoms with Gasteiger partial charge in [0.25, 0.3) is 0 Å². The SMILES string of the molecule is CCCCC1CCc2cc(C#Cc3ccc(OC(F)(F)F)cc3)c(F)cc2C1. The Morgan fingerprint density at radius 3 is 2.50 bits per heavy atom. The predicted octanol–water partition coefficient (Wildman–Crippen LogP) is 6.42. The zero-order chi connectivity index (χ0) is 20.1. The molecule has 0 spiro atoms. The van der Waals surface area contributed by atoms with Crippen molar-refractivity contribution < 1.29 is 22.3 Å². The third-order valence-electron chi connectivity index (χ3n) is 5.02. The van der Waals surface area contributed by atoms with Gasteiger partial charge in [-0.2, -0.15) is 0 Å². The molecule has 0 saturated carbocycles. The van der Waals surface area contributed by atoms with Gasteiger partial charge < -0.3 is 4.74 Å². The van der Waals surface area contributed by atoms with E-state index in [4.69, 9.17) is 0 Å². The van der Waals surface area contributed by atoms with Crippen LogP contribution >= 0.6 is 0 Å². The lowest BCUT2D eigenvalue weighted by molar-refractivity contribution is -0.274. The standard InChI is InChI=1S/C23H22F4O/c1-2-3-4-17-6-9-18-14-19(22(24)15-20(18)13-17)10-5-16-7-11-21(12-8-16)28-23(25,26)27/h7-8,11-12,14-15,17H,2-4,6,9,13H2,1H3. The zero-order valence-electron chi connectivity index (χ0n) is 15.7. The summed E-state index contributed by atoms with van der Waals surface area (Å²) in [4.78, 5) is 0.